The Hall–Kier alpha value is -0.720. The minimum absolute atomic E-state index is 0.713. The van der Waals surface area contributed by atoms with Crippen LogP contribution in [0.2, 0.25) is 10.0 Å². The molecule has 0 N–H and O–H groups in total. The molecular weight excluding hydrogens is 420 g/mol. The van der Waals surface area contributed by atoms with Crippen molar-refractivity contribution in [3.8, 4) is 0 Å². The minimum Gasteiger partial charge on any atom is -0.362 e. The highest BCUT2D eigenvalue weighted by molar-refractivity contribution is 14.1. The van der Waals surface area contributed by atoms with Crippen molar-refractivity contribution in [2.24, 2.45) is 0 Å². The van der Waals surface area contributed by atoms with Crippen molar-refractivity contribution in [1.82, 2.24) is 4.98 Å². The molecule has 1 aromatic heterocycles. The second-order valence-corrected chi connectivity index (χ2v) is 7.16. The molecule has 21 heavy (non-hydrogen) atoms. The number of benzene rings is 1. The second kappa shape index (κ2) is 6.18. The topological polar surface area (TPSA) is 19.4 Å². The van der Waals surface area contributed by atoms with Crippen LogP contribution in [-0.4, -0.2) is 25.1 Å². The molecule has 0 atom stereocenters. The van der Waals surface area contributed by atoms with E-state index in [9.17, 15) is 0 Å². The van der Waals surface area contributed by atoms with Crippen molar-refractivity contribution in [3.05, 3.63) is 49.6 Å². The van der Waals surface area contributed by atoms with Crippen molar-refractivity contribution in [3.63, 3.8) is 0 Å². The van der Waals surface area contributed by atoms with E-state index in [1.165, 1.54) is 0 Å². The number of fused-ring (bicyclic) bond motifs is 1. The summed E-state index contributed by atoms with van der Waals surface area (Å²) < 4.78 is 1.13. The lowest BCUT2D eigenvalue weighted by molar-refractivity contribution is 0.724. The van der Waals surface area contributed by atoms with Gasteiger partial charge in [0.15, 0.2) is 5.82 Å². The molecule has 0 unspecified atom stereocenters. The van der Waals surface area contributed by atoms with Crippen LogP contribution in [-0.2, 0) is 6.54 Å². The largest absolute Gasteiger partial charge is 0.362 e. The van der Waals surface area contributed by atoms with Gasteiger partial charge in [-0.3, -0.25) is 0 Å². The Kier molecular flexibility index (Phi) is 4.47. The van der Waals surface area contributed by atoms with Gasteiger partial charge in [0.25, 0.3) is 0 Å². The second-order valence-electron chi connectivity index (χ2n) is 5.08. The summed E-state index contributed by atoms with van der Waals surface area (Å²) in [5.74, 6) is 1.01. The summed E-state index contributed by atoms with van der Waals surface area (Å²) in [7, 11) is 2.07. The van der Waals surface area contributed by atoms with Gasteiger partial charge in [-0.25, -0.2) is 4.98 Å². The number of hydrogen-bond acceptors (Lipinski definition) is 3. The van der Waals surface area contributed by atoms with Crippen molar-refractivity contribution < 1.29 is 0 Å². The molecule has 0 saturated carbocycles. The van der Waals surface area contributed by atoms with E-state index in [4.69, 9.17) is 23.2 Å². The lowest BCUT2D eigenvalue weighted by Gasteiger charge is -2.36. The molecule has 2 aromatic rings. The van der Waals surface area contributed by atoms with E-state index in [1.807, 2.05) is 24.4 Å². The summed E-state index contributed by atoms with van der Waals surface area (Å²) in [6.45, 7) is 2.62. The van der Waals surface area contributed by atoms with Gasteiger partial charge < -0.3 is 9.80 Å². The van der Waals surface area contributed by atoms with Gasteiger partial charge in [-0.15, -0.1) is 0 Å². The van der Waals surface area contributed by atoms with Gasteiger partial charge in [0.05, 0.1) is 5.69 Å². The molecule has 0 fully saturated rings. The van der Waals surface area contributed by atoms with Gasteiger partial charge in [-0.05, 0) is 52.4 Å². The van der Waals surface area contributed by atoms with Crippen LogP contribution in [0, 0.1) is 3.57 Å². The number of hydrogen-bond donors (Lipinski definition) is 0. The molecule has 0 aliphatic carbocycles. The Morgan fingerprint density at radius 2 is 2.05 bits per heavy atom. The van der Waals surface area contributed by atoms with Gasteiger partial charge in [0, 0.05) is 46.5 Å². The smallest absolute Gasteiger partial charge is 0.152 e. The number of likely N-dealkylation sites (N-methyl/N-ethyl adjacent to an activating group) is 1. The maximum absolute atomic E-state index is 6.29. The van der Waals surface area contributed by atoms with Gasteiger partial charge in [0.1, 0.15) is 0 Å². The first kappa shape index (κ1) is 15.2. The SMILES string of the molecule is CN1CCN(Cc2cc(Cl)ccc2Cl)c2cc(I)cnc21. The number of anilines is 2. The number of rotatable bonds is 2. The monoisotopic (exact) mass is 433 g/mol. The van der Waals surface area contributed by atoms with Crippen LogP contribution in [0.1, 0.15) is 5.56 Å². The van der Waals surface area contributed by atoms with E-state index < -0.39 is 0 Å². The van der Waals surface area contributed by atoms with Crippen LogP contribution in [0.5, 0.6) is 0 Å². The molecule has 0 amide bonds. The first-order valence-corrected chi connectivity index (χ1v) is 8.43. The van der Waals surface area contributed by atoms with Crippen molar-refractivity contribution >= 4 is 57.3 Å². The van der Waals surface area contributed by atoms with Crippen LogP contribution in [0.4, 0.5) is 11.5 Å². The standard InChI is InChI=1S/C15H14Cl2IN3/c1-20-4-5-21(14-7-12(18)8-19-15(14)20)9-10-6-11(16)2-3-13(10)17/h2-3,6-8H,4-5,9H2,1H3. The van der Waals surface area contributed by atoms with Crippen LogP contribution in [0.25, 0.3) is 0 Å². The molecule has 0 radical (unpaired) electrons. The molecule has 3 nitrogen and oxygen atoms in total. The van der Waals surface area contributed by atoms with E-state index in [0.29, 0.717) is 5.02 Å². The molecule has 6 heteroatoms. The first-order chi connectivity index (χ1) is 10.0. The fraction of sp³-hybridized carbons (Fsp3) is 0.267. The Balaban J connectivity index is 1.95. The number of aromatic nitrogens is 1. The maximum atomic E-state index is 6.29. The average Bonchev–Trinajstić information content (AvgIpc) is 2.46. The van der Waals surface area contributed by atoms with Crippen LogP contribution in [0.15, 0.2) is 30.5 Å². The number of nitrogens with zero attached hydrogens (tertiary/aromatic N) is 3. The van der Waals surface area contributed by atoms with E-state index in [0.717, 1.165) is 45.3 Å². The summed E-state index contributed by atoms with van der Waals surface area (Å²) in [4.78, 5) is 9.04. The van der Waals surface area contributed by atoms with Crippen LogP contribution < -0.4 is 9.80 Å². The zero-order chi connectivity index (χ0) is 15.0. The zero-order valence-electron chi connectivity index (χ0n) is 11.5. The van der Waals surface area contributed by atoms with E-state index in [1.54, 1.807) is 0 Å². The van der Waals surface area contributed by atoms with Crippen molar-refractivity contribution in [1.29, 1.82) is 0 Å². The highest BCUT2D eigenvalue weighted by atomic mass is 127. The van der Waals surface area contributed by atoms with Gasteiger partial charge in [0.2, 0.25) is 0 Å². The quantitative estimate of drug-likeness (QED) is 0.652. The van der Waals surface area contributed by atoms with Gasteiger partial charge >= 0.3 is 0 Å². The predicted molar refractivity (Wildman–Crippen MR) is 97.7 cm³/mol. The lowest BCUT2D eigenvalue weighted by atomic mass is 10.1. The molecule has 1 aliphatic heterocycles. The summed E-state index contributed by atoms with van der Waals surface area (Å²) in [5.41, 5.74) is 2.19. The van der Waals surface area contributed by atoms with Crippen molar-refractivity contribution in [2.75, 3.05) is 29.9 Å². The molecule has 0 bridgehead atoms. The number of pyridine rings is 1. The van der Waals surface area contributed by atoms with Gasteiger partial charge in [-0.1, -0.05) is 23.2 Å². The highest BCUT2D eigenvalue weighted by Crippen LogP contribution is 2.33. The van der Waals surface area contributed by atoms with Crippen molar-refractivity contribution in [2.45, 2.75) is 6.54 Å². The number of halogens is 3. The van der Waals surface area contributed by atoms with E-state index in [-0.39, 0.29) is 0 Å². The molecule has 2 heterocycles. The van der Waals surface area contributed by atoms with Gasteiger partial charge in [-0.2, -0.15) is 0 Å². The highest BCUT2D eigenvalue weighted by Gasteiger charge is 2.22. The first-order valence-electron chi connectivity index (χ1n) is 6.60. The molecule has 0 spiro atoms. The van der Waals surface area contributed by atoms with E-state index >= 15 is 0 Å². The van der Waals surface area contributed by atoms with E-state index in [2.05, 4.69) is 50.5 Å². The third kappa shape index (κ3) is 3.22. The summed E-state index contributed by atoms with van der Waals surface area (Å²) in [5, 5.41) is 1.46. The summed E-state index contributed by atoms with van der Waals surface area (Å²) >= 11 is 14.7. The summed E-state index contributed by atoms with van der Waals surface area (Å²) in [6.07, 6.45) is 1.89. The Bertz CT molecular complexity index is 678. The fourth-order valence-electron chi connectivity index (χ4n) is 2.48. The normalized spacial score (nSPS) is 14.3. The molecular formula is C15H14Cl2IN3. The molecule has 3 rings (SSSR count). The molecule has 110 valence electrons. The Morgan fingerprint density at radius 1 is 1.24 bits per heavy atom. The average molecular weight is 434 g/mol. The third-order valence-corrected chi connectivity index (χ3v) is 4.78. The van der Waals surface area contributed by atoms with Crippen LogP contribution >= 0.6 is 45.8 Å². The minimum atomic E-state index is 0.713. The third-order valence-electron chi connectivity index (χ3n) is 3.59. The lowest BCUT2D eigenvalue weighted by Crippen LogP contribution is -2.39. The summed E-state index contributed by atoms with van der Waals surface area (Å²) in [6, 6.07) is 7.76. The Labute approximate surface area is 148 Å². The molecule has 1 aromatic carbocycles. The molecule has 0 saturated heterocycles. The maximum Gasteiger partial charge on any atom is 0.152 e. The van der Waals surface area contributed by atoms with Crippen LogP contribution in [0.3, 0.4) is 0 Å². The molecule has 1 aliphatic rings. The fourth-order valence-corrected chi connectivity index (χ4v) is 3.29. The predicted octanol–water partition coefficient (Wildman–Crippen LogP) is 4.45. The Morgan fingerprint density at radius 3 is 2.86 bits per heavy atom. The zero-order valence-corrected chi connectivity index (χ0v) is 15.2.